The molecule has 0 unspecified atom stereocenters. The minimum absolute atomic E-state index is 0. The molecule has 1 amide bonds. The predicted octanol–water partition coefficient (Wildman–Crippen LogP) is 0.663. The minimum atomic E-state index is -0.664. The first-order valence-corrected chi connectivity index (χ1v) is 4.83. The monoisotopic (exact) mass is 253 g/mol. The van der Waals surface area contributed by atoms with Gasteiger partial charge in [-0.3, -0.25) is 4.79 Å². The van der Waals surface area contributed by atoms with Crippen LogP contribution >= 0.6 is 12.4 Å². The van der Waals surface area contributed by atoms with Crippen molar-refractivity contribution in [3.8, 4) is 11.8 Å². The molecule has 0 bridgehead atoms. The van der Waals surface area contributed by atoms with E-state index in [-0.39, 0.29) is 24.9 Å². The number of nitrogens with zero attached hydrogens (tertiary/aromatic N) is 2. The van der Waals surface area contributed by atoms with Crippen LogP contribution in [0.1, 0.15) is 5.56 Å². The van der Waals surface area contributed by atoms with E-state index >= 15 is 0 Å². The quantitative estimate of drug-likeness (QED) is 0.737. The molecule has 6 heteroatoms. The smallest absolute Gasteiger partial charge is 0.247 e. The van der Waals surface area contributed by atoms with E-state index in [1.165, 1.54) is 4.90 Å². The molecule has 90 valence electrons. The lowest BCUT2D eigenvalue weighted by Gasteiger charge is -2.17. The SMILES string of the molecule is CN1C(=O)[C@@H](N)COc2ccc(C#N)cc21.Cl. The van der Waals surface area contributed by atoms with E-state index in [0.717, 1.165) is 0 Å². The van der Waals surface area contributed by atoms with Crippen LogP contribution in [0.4, 0.5) is 5.69 Å². The molecule has 1 aliphatic rings. The lowest BCUT2D eigenvalue weighted by Crippen LogP contribution is -2.43. The first kappa shape index (κ1) is 13.3. The van der Waals surface area contributed by atoms with Crippen molar-refractivity contribution in [3.05, 3.63) is 23.8 Å². The maximum Gasteiger partial charge on any atom is 0.247 e. The number of anilines is 1. The summed E-state index contributed by atoms with van der Waals surface area (Å²) in [6.45, 7) is 0.155. The largest absolute Gasteiger partial charge is 0.489 e. The van der Waals surface area contributed by atoms with Gasteiger partial charge in [0.25, 0.3) is 0 Å². The average Bonchev–Trinajstić information content (AvgIpc) is 2.42. The third-order valence-electron chi connectivity index (χ3n) is 2.52. The fourth-order valence-electron chi connectivity index (χ4n) is 1.59. The second-order valence-electron chi connectivity index (χ2n) is 3.61. The molecule has 0 saturated heterocycles. The van der Waals surface area contributed by atoms with Crippen molar-refractivity contribution in [3.63, 3.8) is 0 Å². The fraction of sp³-hybridized carbons (Fsp3) is 0.273. The Balaban J connectivity index is 0.00000144. The Morgan fingerprint density at radius 3 is 2.94 bits per heavy atom. The number of likely N-dealkylation sites (N-methyl/N-ethyl adjacent to an activating group) is 1. The number of hydrogen-bond donors (Lipinski definition) is 1. The highest BCUT2D eigenvalue weighted by Gasteiger charge is 2.26. The van der Waals surface area contributed by atoms with Gasteiger partial charge in [-0.15, -0.1) is 12.4 Å². The predicted molar refractivity (Wildman–Crippen MR) is 65.3 cm³/mol. The number of rotatable bonds is 0. The van der Waals surface area contributed by atoms with E-state index in [4.69, 9.17) is 15.7 Å². The number of amides is 1. The molecule has 0 fully saturated rings. The zero-order valence-electron chi connectivity index (χ0n) is 9.21. The molecular formula is C11H12ClN3O2. The molecule has 0 aliphatic carbocycles. The highest BCUT2D eigenvalue weighted by atomic mass is 35.5. The van der Waals surface area contributed by atoms with E-state index in [2.05, 4.69) is 0 Å². The van der Waals surface area contributed by atoms with Gasteiger partial charge in [-0.1, -0.05) is 0 Å². The molecule has 2 N–H and O–H groups in total. The summed E-state index contributed by atoms with van der Waals surface area (Å²) in [6.07, 6.45) is 0. The van der Waals surface area contributed by atoms with Gasteiger partial charge < -0.3 is 15.4 Å². The average molecular weight is 254 g/mol. The molecule has 1 heterocycles. The maximum absolute atomic E-state index is 11.7. The summed E-state index contributed by atoms with van der Waals surface area (Å²) in [5.74, 6) is 0.358. The van der Waals surface area contributed by atoms with Crippen molar-refractivity contribution in [2.75, 3.05) is 18.6 Å². The Bertz CT molecular complexity index is 484. The van der Waals surface area contributed by atoms with Crippen molar-refractivity contribution < 1.29 is 9.53 Å². The Morgan fingerprint density at radius 2 is 2.29 bits per heavy atom. The highest BCUT2D eigenvalue weighted by Crippen LogP contribution is 2.30. The van der Waals surface area contributed by atoms with Gasteiger partial charge in [-0.2, -0.15) is 5.26 Å². The van der Waals surface area contributed by atoms with Crippen LogP contribution in [-0.4, -0.2) is 25.6 Å². The van der Waals surface area contributed by atoms with Crippen LogP contribution < -0.4 is 15.4 Å². The molecule has 2 rings (SSSR count). The molecule has 1 aliphatic heterocycles. The Morgan fingerprint density at radius 1 is 1.59 bits per heavy atom. The third-order valence-corrected chi connectivity index (χ3v) is 2.52. The van der Waals surface area contributed by atoms with Gasteiger partial charge in [0.2, 0.25) is 5.91 Å². The van der Waals surface area contributed by atoms with Gasteiger partial charge in [0.1, 0.15) is 18.4 Å². The minimum Gasteiger partial charge on any atom is -0.489 e. The van der Waals surface area contributed by atoms with Crippen LogP contribution in [0.2, 0.25) is 0 Å². The number of ether oxygens (including phenoxy) is 1. The Kier molecular flexibility index (Phi) is 3.94. The Hall–Kier alpha value is -1.77. The standard InChI is InChI=1S/C11H11N3O2.ClH/c1-14-9-4-7(5-12)2-3-10(9)16-6-8(13)11(14)15;/h2-4,8H,6,13H2,1H3;1H/t8-;/m0./s1. The summed E-state index contributed by atoms with van der Waals surface area (Å²) in [6, 6.07) is 6.29. The zero-order chi connectivity index (χ0) is 11.7. The number of halogens is 1. The lowest BCUT2D eigenvalue weighted by molar-refractivity contribution is -0.119. The summed E-state index contributed by atoms with van der Waals surface area (Å²) >= 11 is 0. The van der Waals surface area contributed by atoms with Crippen LogP contribution in [0.25, 0.3) is 0 Å². The summed E-state index contributed by atoms with van der Waals surface area (Å²) in [5.41, 5.74) is 6.70. The number of fused-ring (bicyclic) bond motifs is 1. The second-order valence-corrected chi connectivity index (χ2v) is 3.61. The molecule has 0 aromatic heterocycles. The number of benzene rings is 1. The van der Waals surface area contributed by atoms with Gasteiger partial charge in [0.15, 0.2) is 0 Å². The maximum atomic E-state index is 11.7. The molecular weight excluding hydrogens is 242 g/mol. The van der Waals surface area contributed by atoms with Crippen molar-refractivity contribution >= 4 is 24.0 Å². The molecule has 0 radical (unpaired) electrons. The number of nitriles is 1. The van der Waals surface area contributed by atoms with Crippen molar-refractivity contribution in [2.45, 2.75) is 6.04 Å². The van der Waals surface area contributed by atoms with Crippen LogP contribution in [-0.2, 0) is 4.79 Å². The summed E-state index contributed by atoms with van der Waals surface area (Å²) in [7, 11) is 1.62. The molecule has 1 aromatic carbocycles. The van der Waals surface area contributed by atoms with E-state index in [1.54, 1.807) is 25.2 Å². The van der Waals surface area contributed by atoms with Crippen molar-refractivity contribution in [1.29, 1.82) is 5.26 Å². The molecule has 1 atom stereocenters. The summed E-state index contributed by atoms with van der Waals surface area (Å²) in [5, 5.41) is 8.79. The summed E-state index contributed by atoms with van der Waals surface area (Å²) in [4.78, 5) is 13.2. The van der Waals surface area contributed by atoms with Gasteiger partial charge in [0.05, 0.1) is 17.3 Å². The number of carbonyl (C=O) groups is 1. The van der Waals surface area contributed by atoms with Gasteiger partial charge in [0, 0.05) is 7.05 Å². The van der Waals surface area contributed by atoms with Gasteiger partial charge >= 0.3 is 0 Å². The first-order valence-electron chi connectivity index (χ1n) is 4.83. The highest BCUT2D eigenvalue weighted by molar-refractivity contribution is 5.98. The summed E-state index contributed by atoms with van der Waals surface area (Å²) < 4.78 is 5.40. The van der Waals surface area contributed by atoms with Crippen LogP contribution in [0.5, 0.6) is 5.75 Å². The fourth-order valence-corrected chi connectivity index (χ4v) is 1.59. The Labute approximate surface area is 105 Å². The molecule has 0 saturated carbocycles. The van der Waals surface area contributed by atoms with Crippen LogP contribution in [0.15, 0.2) is 18.2 Å². The zero-order valence-corrected chi connectivity index (χ0v) is 10.0. The van der Waals surface area contributed by atoms with Gasteiger partial charge in [-0.05, 0) is 18.2 Å². The number of carbonyl (C=O) groups excluding carboxylic acids is 1. The van der Waals surface area contributed by atoms with Gasteiger partial charge in [-0.25, -0.2) is 0 Å². The second kappa shape index (κ2) is 5.04. The topological polar surface area (TPSA) is 79.3 Å². The van der Waals surface area contributed by atoms with E-state index < -0.39 is 6.04 Å². The third kappa shape index (κ3) is 2.33. The number of hydrogen-bond acceptors (Lipinski definition) is 4. The van der Waals surface area contributed by atoms with Crippen LogP contribution in [0, 0.1) is 11.3 Å². The number of nitrogens with two attached hydrogens (primary N) is 1. The lowest BCUT2D eigenvalue weighted by atomic mass is 10.2. The molecule has 0 spiro atoms. The molecule has 17 heavy (non-hydrogen) atoms. The van der Waals surface area contributed by atoms with Crippen molar-refractivity contribution in [1.82, 2.24) is 0 Å². The first-order chi connectivity index (χ1) is 7.63. The normalized spacial score (nSPS) is 18.3. The van der Waals surface area contributed by atoms with E-state index in [0.29, 0.717) is 17.0 Å². The molecule has 5 nitrogen and oxygen atoms in total. The van der Waals surface area contributed by atoms with Crippen molar-refractivity contribution in [2.24, 2.45) is 5.73 Å². The van der Waals surface area contributed by atoms with E-state index in [9.17, 15) is 4.79 Å². The van der Waals surface area contributed by atoms with E-state index in [1.807, 2.05) is 6.07 Å². The molecule has 1 aromatic rings. The van der Waals surface area contributed by atoms with Crippen LogP contribution in [0.3, 0.4) is 0 Å².